The molecule has 0 aliphatic heterocycles. The van der Waals surface area contributed by atoms with Gasteiger partial charge in [-0.1, -0.05) is 0 Å². The number of hydrogen-bond donors (Lipinski definition) is 2. The Morgan fingerprint density at radius 1 is 1.36 bits per heavy atom. The van der Waals surface area contributed by atoms with Gasteiger partial charge < -0.3 is 16.0 Å². The maximum absolute atomic E-state index is 11.0. The Labute approximate surface area is 83.9 Å². The van der Waals surface area contributed by atoms with Gasteiger partial charge in [-0.15, -0.1) is 0 Å². The molecule has 0 bridgehead atoms. The van der Waals surface area contributed by atoms with Crippen LogP contribution < -0.4 is 11.1 Å². The largest absolute Gasteiger partial charge is 0.366 e. The molecule has 5 heteroatoms. The summed E-state index contributed by atoms with van der Waals surface area (Å²) < 4.78 is 0. The molecule has 5 nitrogen and oxygen atoms in total. The van der Waals surface area contributed by atoms with Crippen molar-refractivity contribution in [2.24, 2.45) is 5.73 Å². The van der Waals surface area contributed by atoms with Crippen LogP contribution in [0, 0.1) is 0 Å². The van der Waals surface area contributed by atoms with Crippen molar-refractivity contribution in [3.05, 3.63) is 12.2 Å². The molecule has 0 saturated heterocycles. The lowest BCUT2D eigenvalue weighted by Crippen LogP contribution is -2.25. The molecule has 0 saturated carbocycles. The van der Waals surface area contributed by atoms with Crippen LogP contribution in [0.3, 0.4) is 0 Å². The predicted octanol–water partition coefficient (Wildman–Crippen LogP) is -0.904. The van der Waals surface area contributed by atoms with Crippen molar-refractivity contribution in [3.63, 3.8) is 0 Å². The third-order valence-electron chi connectivity index (χ3n) is 1.48. The van der Waals surface area contributed by atoms with E-state index >= 15 is 0 Å². The number of nitrogens with two attached hydrogens (primary N) is 1. The molecule has 0 aliphatic rings. The van der Waals surface area contributed by atoms with Gasteiger partial charge in [0.25, 0.3) is 0 Å². The summed E-state index contributed by atoms with van der Waals surface area (Å²) in [6.45, 7) is 1.51. The zero-order valence-electron chi connectivity index (χ0n) is 8.62. The van der Waals surface area contributed by atoms with E-state index in [-0.39, 0.29) is 5.91 Å². The average molecular weight is 199 g/mol. The summed E-state index contributed by atoms with van der Waals surface area (Å²) in [4.78, 5) is 23.3. The maximum atomic E-state index is 11.0. The van der Waals surface area contributed by atoms with E-state index in [1.54, 1.807) is 0 Å². The Balaban J connectivity index is 3.50. The minimum Gasteiger partial charge on any atom is -0.366 e. The Bertz CT molecular complexity index is 224. The smallest absolute Gasteiger partial charge is 0.244 e. The Hall–Kier alpha value is -1.36. The predicted molar refractivity (Wildman–Crippen MR) is 54.5 cm³/mol. The first-order chi connectivity index (χ1) is 6.52. The molecular weight excluding hydrogens is 182 g/mol. The molecular formula is C9H17N3O2. The fourth-order valence-corrected chi connectivity index (χ4v) is 0.824. The zero-order valence-corrected chi connectivity index (χ0v) is 8.62. The van der Waals surface area contributed by atoms with Crippen molar-refractivity contribution in [1.29, 1.82) is 0 Å². The lowest BCUT2D eigenvalue weighted by atomic mass is 10.4. The molecule has 0 radical (unpaired) electrons. The van der Waals surface area contributed by atoms with Gasteiger partial charge in [0, 0.05) is 18.7 Å². The van der Waals surface area contributed by atoms with Crippen molar-refractivity contribution in [1.82, 2.24) is 10.2 Å². The lowest BCUT2D eigenvalue weighted by Gasteiger charge is -2.08. The number of nitrogens with zero attached hydrogens (tertiary/aromatic N) is 1. The number of hydrogen-bond acceptors (Lipinski definition) is 3. The topological polar surface area (TPSA) is 75.4 Å². The monoisotopic (exact) mass is 199 g/mol. The molecule has 0 aliphatic carbocycles. The van der Waals surface area contributed by atoms with E-state index in [0.717, 1.165) is 25.1 Å². The number of primary amides is 1. The Morgan fingerprint density at radius 2 is 2.00 bits per heavy atom. The van der Waals surface area contributed by atoms with Crippen molar-refractivity contribution in [2.75, 3.05) is 27.2 Å². The molecule has 80 valence electrons. The number of amides is 2. The van der Waals surface area contributed by atoms with Crippen molar-refractivity contribution in [2.45, 2.75) is 6.42 Å². The summed E-state index contributed by atoms with van der Waals surface area (Å²) in [6, 6.07) is 0. The number of carbonyl (C=O) groups is 2. The molecule has 0 spiro atoms. The van der Waals surface area contributed by atoms with Gasteiger partial charge >= 0.3 is 0 Å². The van der Waals surface area contributed by atoms with E-state index in [1.165, 1.54) is 0 Å². The zero-order chi connectivity index (χ0) is 11.0. The van der Waals surface area contributed by atoms with Crippen LogP contribution in [0.1, 0.15) is 6.42 Å². The summed E-state index contributed by atoms with van der Waals surface area (Å²) in [6.07, 6.45) is 3.06. The molecule has 0 heterocycles. The van der Waals surface area contributed by atoms with Gasteiger partial charge in [-0.2, -0.15) is 0 Å². The van der Waals surface area contributed by atoms with Gasteiger partial charge in [-0.05, 0) is 27.1 Å². The van der Waals surface area contributed by atoms with E-state index in [1.807, 2.05) is 19.0 Å². The molecule has 0 rings (SSSR count). The minimum absolute atomic E-state index is 0.289. The van der Waals surface area contributed by atoms with Crippen molar-refractivity contribution in [3.8, 4) is 0 Å². The SMILES string of the molecule is CN(C)CCCNC(=O)/C=C\C(N)=O. The molecule has 0 atom stereocenters. The van der Waals surface area contributed by atoms with Crippen LogP contribution in [0.4, 0.5) is 0 Å². The molecule has 3 N–H and O–H groups in total. The van der Waals surface area contributed by atoms with E-state index < -0.39 is 5.91 Å². The molecule has 14 heavy (non-hydrogen) atoms. The van der Waals surface area contributed by atoms with Gasteiger partial charge in [0.1, 0.15) is 0 Å². The van der Waals surface area contributed by atoms with Gasteiger partial charge in [0.05, 0.1) is 0 Å². The summed E-state index contributed by atoms with van der Waals surface area (Å²) in [7, 11) is 3.93. The third-order valence-corrected chi connectivity index (χ3v) is 1.48. The van der Waals surface area contributed by atoms with Crippen LogP contribution in [0.5, 0.6) is 0 Å². The van der Waals surface area contributed by atoms with Crippen LogP contribution in [0.2, 0.25) is 0 Å². The third kappa shape index (κ3) is 8.73. The second-order valence-corrected chi connectivity index (χ2v) is 3.18. The fraction of sp³-hybridized carbons (Fsp3) is 0.556. The highest BCUT2D eigenvalue weighted by Gasteiger charge is 1.95. The van der Waals surface area contributed by atoms with E-state index in [4.69, 9.17) is 5.73 Å². The van der Waals surface area contributed by atoms with Crippen molar-refractivity contribution < 1.29 is 9.59 Å². The van der Waals surface area contributed by atoms with E-state index in [0.29, 0.717) is 6.54 Å². The number of carbonyl (C=O) groups excluding carboxylic acids is 2. The average Bonchev–Trinajstić information content (AvgIpc) is 2.08. The first-order valence-corrected chi connectivity index (χ1v) is 4.42. The van der Waals surface area contributed by atoms with Crippen LogP contribution in [0.15, 0.2) is 12.2 Å². The molecule has 0 aromatic heterocycles. The first kappa shape index (κ1) is 12.6. The van der Waals surface area contributed by atoms with E-state index in [9.17, 15) is 9.59 Å². The highest BCUT2D eigenvalue weighted by atomic mass is 16.2. The maximum Gasteiger partial charge on any atom is 0.244 e. The van der Waals surface area contributed by atoms with Gasteiger partial charge in [-0.25, -0.2) is 0 Å². The number of nitrogens with one attached hydrogen (secondary N) is 1. The molecule has 2 amide bonds. The summed E-state index contributed by atoms with van der Waals surface area (Å²) in [5.74, 6) is -0.906. The highest BCUT2D eigenvalue weighted by molar-refractivity contribution is 5.95. The minimum atomic E-state index is -0.617. The Morgan fingerprint density at radius 3 is 2.50 bits per heavy atom. The first-order valence-electron chi connectivity index (χ1n) is 4.42. The molecule has 0 unspecified atom stereocenters. The van der Waals surface area contributed by atoms with Gasteiger partial charge in [0.2, 0.25) is 11.8 Å². The normalized spacial score (nSPS) is 10.8. The summed E-state index contributed by atoms with van der Waals surface area (Å²) in [5.41, 5.74) is 4.82. The second-order valence-electron chi connectivity index (χ2n) is 3.18. The Kier molecular flexibility index (Phi) is 6.39. The van der Waals surface area contributed by atoms with Crippen LogP contribution in [0.25, 0.3) is 0 Å². The van der Waals surface area contributed by atoms with Crippen molar-refractivity contribution >= 4 is 11.8 Å². The fourth-order valence-electron chi connectivity index (χ4n) is 0.824. The van der Waals surface area contributed by atoms with E-state index in [2.05, 4.69) is 5.32 Å². The summed E-state index contributed by atoms with van der Waals surface area (Å²) >= 11 is 0. The molecule has 0 aromatic rings. The second kappa shape index (κ2) is 7.08. The van der Waals surface area contributed by atoms with Crippen LogP contribution in [-0.2, 0) is 9.59 Å². The van der Waals surface area contributed by atoms with Crippen LogP contribution >= 0.6 is 0 Å². The standard InChI is InChI=1S/C9H17N3O2/c1-12(2)7-3-6-11-9(14)5-4-8(10)13/h4-5H,3,6-7H2,1-2H3,(H2,10,13)(H,11,14)/b5-4-. The molecule has 0 aromatic carbocycles. The van der Waals surface area contributed by atoms with Gasteiger partial charge in [0.15, 0.2) is 0 Å². The highest BCUT2D eigenvalue weighted by Crippen LogP contribution is 1.81. The quantitative estimate of drug-likeness (QED) is 0.430. The number of rotatable bonds is 6. The van der Waals surface area contributed by atoms with Crippen LogP contribution in [-0.4, -0.2) is 43.9 Å². The lowest BCUT2D eigenvalue weighted by molar-refractivity contribution is -0.117. The summed E-state index contributed by atoms with van der Waals surface area (Å²) in [5, 5.41) is 2.63. The van der Waals surface area contributed by atoms with Gasteiger partial charge in [-0.3, -0.25) is 9.59 Å². The molecule has 0 fully saturated rings.